The molecule has 5 heteroatoms. The van der Waals surface area contributed by atoms with Crippen molar-refractivity contribution in [2.24, 2.45) is 4.99 Å². The number of nitrogens with zero attached hydrogens (tertiary/aromatic N) is 2. The Kier molecular flexibility index (Phi) is 5.03. The number of amidine groups is 1. The Balaban J connectivity index is 1.50. The number of hydrogen-bond donors (Lipinski definition) is 1. The highest BCUT2D eigenvalue weighted by molar-refractivity contribution is 8.18. The number of carbonyl (C=O) groups excluding carboxylic acids is 1. The van der Waals surface area contributed by atoms with Crippen LogP contribution in [0.1, 0.15) is 29.5 Å². The minimum Gasteiger partial charge on any atom is -0.372 e. The van der Waals surface area contributed by atoms with Crippen LogP contribution in [0, 0.1) is 13.8 Å². The van der Waals surface area contributed by atoms with Crippen LogP contribution in [0.2, 0.25) is 0 Å². The van der Waals surface area contributed by atoms with Crippen molar-refractivity contribution in [3.63, 3.8) is 0 Å². The molecule has 0 spiro atoms. The van der Waals surface area contributed by atoms with Gasteiger partial charge in [-0.05, 0) is 73.9 Å². The van der Waals surface area contributed by atoms with E-state index in [0.29, 0.717) is 10.1 Å². The molecule has 27 heavy (non-hydrogen) atoms. The SMILES string of the molecule is Cc1ccc(N=C2NC(=O)/C(=C/c3ccc(N4CCCC4)cc3)S2)c(C)c1. The molecule has 2 aromatic rings. The summed E-state index contributed by atoms with van der Waals surface area (Å²) >= 11 is 1.39. The topological polar surface area (TPSA) is 44.7 Å². The number of carbonyl (C=O) groups is 1. The molecule has 0 radical (unpaired) electrons. The third kappa shape index (κ3) is 4.08. The van der Waals surface area contributed by atoms with E-state index in [1.54, 1.807) is 0 Å². The number of aryl methyl sites for hydroxylation is 2. The fourth-order valence-corrected chi connectivity index (χ4v) is 4.26. The van der Waals surface area contributed by atoms with E-state index < -0.39 is 0 Å². The lowest BCUT2D eigenvalue weighted by atomic mass is 10.1. The standard InChI is InChI=1S/C22H23N3OS/c1-15-5-10-19(16(2)13-15)23-22-24-21(26)20(27-22)14-17-6-8-18(9-7-17)25-11-3-4-12-25/h5-10,13-14H,3-4,11-12H2,1-2H3,(H,23,24,26)/b20-14-. The van der Waals surface area contributed by atoms with Crippen LogP contribution < -0.4 is 10.2 Å². The van der Waals surface area contributed by atoms with Crippen LogP contribution in [-0.4, -0.2) is 24.2 Å². The van der Waals surface area contributed by atoms with E-state index in [0.717, 1.165) is 29.9 Å². The average Bonchev–Trinajstić information content (AvgIpc) is 3.29. The minimum absolute atomic E-state index is 0.0906. The second-order valence-electron chi connectivity index (χ2n) is 7.06. The summed E-state index contributed by atoms with van der Waals surface area (Å²) in [6, 6.07) is 14.6. The maximum atomic E-state index is 12.3. The van der Waals surface area contributed by atoms with Crippen LogP contribution in [0.4, 0.5) is 11.4 Å². The molecule has 0 atom stereocenters. The Morgan fingerprint density at radius 1 is 1.07 bits per heavy atom. The number of anilines is 1. The Morgan fingerprint density at radius 2 is 1.81 bits per heavy atom. The first kappa shape index (κ1) is 17.9. The first-order chi connectivity index (χ1) is 13.1. The van der Waals surface area contributed by atoms with Crippen LogP contribution in [0.25, 0.3) is 6.08 Å². The van der Waals surface area contributed by atoms with E-state index in [9.17, 15) is 4.79 Å². The Bertz CT molecular complexity index is 925. The molecule has 2 saturated heterocycles. The largest absolute Gasteiger partial charge is 0.372 e. The third-order valence-corrected chi connectivity index (χ3v) is 5.80. The van der Waals surface area contributed by atoms with Crippen molar-refractivity contribution < 1.29 is 4.79 Å². The second-order valence-corrected chi connectivity index (χ2v) is 8.09. The zero-order valence-corrected chi connectivity index (χ0v) is 16.5. The molecule has 1 amide bonds. The molecule has 2 heterocycles. The number of aliphatic imine (C=N–C) groups is 1. The number of benzene rings is 2. The van der Waals surface area contributed by atoms with Crippen LogP contribution in [0.5, 0.6) is 0 Å². The van der Waals surface area contributed by atoms with Gasteiger partial charge in [0.15, 0.2) is 5.17 Å². The lowest BCUT2D eigenvalue weighted by Gasteiger charge is -2.17. The highest BCUT2D eigenvalue weighted by atomic mass is 32.2. The smallest absolute Gasteiger partial charge is 0.264 e. The van der Waals surface area contributed by atoms with Gasteiger partial charge < -0.3 is 10.2 Å². The molecule has 2 aromatic carbocycles. The van der Waals surface area contributed by atoms with Gasteiger partial charge in [-0.2, -0.15) is 0 Å². The predicted octanol–water partition coefficient (Wildman–Crippen LogP) is 4.80. The molecule has 2 fully saturated rings. The quantitative estimate of drug-likeness (QED) is 0.782. The predicted molar refractivity (Wildman–Crippen MR) is 115 cm³/mol. The fraction of sp³-hybridized carbons (Fsp3) is 0.273. The molecule has 2 aliphatic rings. The maximum Gasteiger partial charge on any atom is 0.264 e. The Morgan fingerprint density at radius 3 is 2.52 bits per heavy atom. The molecule has 138 valence electrons. The van der Waals surface area contributed by atoms with Gasteiger partial charge in [-0.15, -0.1) is 0 Å². The molecule has 4 nitrogen and oxygen atoms in total. The summed E-state index contributed by atoms with van der Waals surface area (Å²) in [6.45, 7) is 6.37. The average molecular weight is 378 g/mol. The van der Waals surface area contributed by atoms with E-state index in [1.165, 1.54) is 35.9 Å². The van der Waals surface area contributed by atoms with Crippen LogP contribution in [-0.2, 0) is 4.79 Å². The number of nitrogens with one attached hydrogen (secondary N) is 1. The van der Waals surface area contributed by atoms with Crippen LogP contribution in [0.3, 0.4) is 0 Å². The molecule has 4 rings (SSSR count). The molecule has 0 bridgehead atoms. The monoisotopic (exact) mass is 377 g/mol. The van der Waals surface area contributed by atoms with Crippen molar-refractivity contribution in [3.05, 3.63) is 64.1 Å². The fourth-order valence-electron chi connectivity index (χ4n) is 3.43. The van der Waals surface area contributed by atoms with Gasteiger partial charge in [-0.1, -0.05) is 29.8 Å². The van der Waals surface area contributed by atoms with E-state index >= 15 is 0 Å². The summed E-state index contributed by atoms with van der Waals surface area (Å²) in [4.78, 5) is 20.0. The van der Waals surface area contributed by atoms with E-state index in [-0.39, 0.29) is 5.91 Å². The van der Waals surface area contributed by atoms with Gasteiger partial charge in [-0.3, -0.25) is 4.79 Å². The van der Waals surface area contributed by atoms with E-state index in [4.69, 9.17) is 0 Å². The summed E-state index contributed by atoms with van der Waals surface area (Å²) in [7, 11) is 0. The van der Waals surface area contributed by atoms with E-state index in [1.807, 2.05) is 25.1 Å². The second kappa shape index (κ2) is 7.61. The number of amides is 1. The van der Waals surface area contributed by atoms with Gasteiger partial charge in [-0.25, -0.2) is 4.99 Å². The Hall–Kier alpha value is -2.53. The third-order valence-electron chi connectivity index (χ3n) is 4.89. The molecular formula is C22H23N3OS. The van der Waals surface area contributed by atoms with Crippen LogP contribution in [0.15, 0.2) is 52.4 Å². The zero-order valence-electron chi connectivity index (χ0n) is 15.7. The van der Waals surface area contributed by atoms with Crippen LogP contribution >= 0.6 is 11.8 Å². The summed E-state index contributed by atoms with van der Waals surface area (Å²) < 4.78 is 0. The van der Waals surface area contributed by atoms with Gasteiger partial charge >= 0.3 is 0 Å². The first-order valence-corrected chi connectivity index (χ1v) is 10.1. The van der Waals surface area contributed by atoms with Gasteiger partial charge in [0.2, 0.25) is 0 Å². The normalized spacial score (nSPS) is 19.9. The first-order valence-electron chi connectivity index (χ1n) is 9.30. The summed E-state index contributed by atoms with van der Waals surface area (Å²) in [5, 5.41) is 3.50. The van der Waals surface area contributed by atoms with Gasteiger partial charge in [0.25, 0.3) is 5.91 Å². The Labute approximate surface area is 164 Å². The molecule has 0 aliphatic carbocycles. The molecule has 0 aromatic heterocycles. The van der Waals surface area contributed by atoms with Gasteiger partial charge in [0.1, 0.15) is 0 Å². The number of rotatable bonds is 3. The van der Waals surface area contributed by atoms with E-state index in [2.05, 4.69) is 52.5 Å². The molecule has 1 N–H and O–H groups in total. The van der Waals surface area contributed by atoms with Crippen molar-refractivity contribution in [2.75, 3.05) is 18.0 Å². The lowest BCUT2D eigenvalue weighted by Crippen LogP contribution is -2.19. The van der Waals surface area contributed by atoms with Crippen molar-refractivity contribution >= 4 is 40.3 Å². The van der Waals surface area contributed by atoms with Gasteiger partial charge in [0.05, 0.1) is 10.6 Å². The summed E-state index contributed by atoms with van der Waals surface area (Å²) in [6.07, 6.45) is 4.47. The number of thioether (sulfide) groups is 1. The highest BCUT2D eigenvalue weighted by Crippen LogP contribution is 2.30. The molecule has 0 saturated carbocycles. The molecular weight excluding hydrogens is 354 g/mol. The lowest BCUT2D eigenvalue weighted by molar-refractivity contribution is -0.115. The molecule has 2 aliphatic heterocycles. The molecule has 0 unspecified atom stereocenters. The highest BCUT2D eigenvalue weighted by Gasteiger charge is 2.24. The zero-order chi connectivity index (χ0) is 18.8. The minimum atomic E-state index is -0.0906. The summed E-state index contributed by atoms with van der Waals surface area (Å²) in [5.74, 6) is -0.0906. The van der Waals surface area contributed by atoms with Crippen molar-refractivity contribution in [1.29, 1.82) is 0 Å². The van der Waals surface area contributed by atoms with Crippen molar-refractivity contribution in [2.45, 2.75) is 26.7 Å². The van der Waals surface area contributed by atoms with Crippen molar-refractivity contribution in [3.8, 4) is 0 Å². The summed E-state index contributed by atoms with van der Waals surface area (Å²) in [5.41, 5.74) is 5.49. The van der Waals surface area contributed by atoms with Gasteiger partial charge in [0, 0.05) is 18.8 Å². The maximum absolute atomic E-state index is 12.3. The number of hydrogen-bond acceptors (Lipinski definition) is 4. The van der Waals surface area contributed by atoms with Crippen molar-refractivity contribution in [1.82, 2.24) is 5.32 Å².